The number of carbonyl (C=O) groups excluding carboxylic acids is 2. The molecule has 7 heteroatoms. The number of ether oxygens (including phenoxy) is 3. The maximum atomic E-state index is 11.8. The van der Waals surface area contributed by atoms with Crippen LogP contribution in [0.2, 0.25) is 5.02 Å². The Bertz CT molecular complexity index is 672. The van der Waals surface area contributed by atoms with E-state index in [9.17, 15) is 9.59 Å². The summed E-state index contributed by atoms with van der Waals surface area (Å²) in [5.41, 5.74) is 0.678. The van der Waals surface area contributed by atoms with Gasteiger partial charge in [0.05, 0.1) is 18.2 Å². The molecule has 6 nitrogen and oxygen atoms in total. The van der Waals surface area contributed by atoms with Gasteiger partial charge in [-0.05, 0) is 36.1 Å². The lowest BCUT2D eigenvalue weighted by Crippen LogP contribution is -2.29. The van der Waals surface area contributed by atoms with E-state index in [1.165, 1.54) is 6.08 Å². The number of halogens is 1. The molecule has 0 radical (unpaired) electrons. The summed E-state index contributed by atoms with van der Waals surface area (Å²) in [5.74, 6) is 0.649. The molecule has 1 aliphatic heterocycles. The highest BCUT2D eigenvalue weighted by atomic mass is 35.5. The van der Waals surface area contributed by atoms with Crippen LogP contribution in [-0.4, -0.2) is 38.2 Å². The summed E-state index contributed by atoms with van der Waals surface area (Å²) in [7, 11) is 0. The Labute approximate surface area is 158 Å². The number of fused-ring (bicyclic) bond motifs is 1. The summed E-state index contributed by atoms with van der Waals surface area (Å²) >= 11 is 6.20. The van der Waals surface area contributed by atoms with E-state index in [-0.39, 0.29) is 12.5 Å². The molecular formula is C19H24ClNO5. The molecule has 1 amide bonds. The normalized spacial score (nSPS) is 13.5. The molecule has 142 valence electrons. The lowest BCUT2D eigenvalue weighted by atomic mass is 10.1. The quantitative estimate of drug-likeness (QED) is 0.579. The van der Waals surface area contributed by atoms with E-state index in [4.69, 9.17) is 25.8 Å². The van der Waals surface area contributed by atoms with Crippen molar-refractivity contribution in [1.82, 2.24) is 5.32 Å². The van der Waals surface area contributed by atoms with Gasteiger partial charge >= 0.3 is 5.97 Å². The largest absolute Gasteiger partial charge is 0.489 e. The van der Waals surface area contributed by atoms with Gasteiger partial charge in [0.1, 0.15) is 0 Å². The molecule has 1 aromatic carbocycles. The second kappa shape index (κ2) is 10.1. The SMILES string of the molecule is CC(C)CCNC(=O)COC(=O)/C=C/c1cc(Cl)c2c(c1)OCCCO2. The van der Waals surface area contributed by atoms with Crippen molar-refractivity contribution in [2.24, 2.45) is 5.92 Å². The van der Waals surface area contributed by atoms with E-state index >= 15 is 0 Å². The summed E-state index contributed by atoms with van der Waals surface area (Å²) in [6.07, 6.45) is 4.46. The fraction of sp³-hybridized carbons (Fsp3) is 0.474. The van der Waals surface area contributed by atoms with E-state index in [1.54, 1.807) is 18.2 Å². The Morgan fingerprint density at radius 3 is 2.85 bits per heavy atom. The highest BCUT2D eigenvalue weighted by Gasteiger charge is 2.15. The summed E-state index contributed by atoms with van der Waals surface area (Å²) in [4.78, 5) is 23.3. The summed E-state index contributed by atoms with van der Waals surface area (Å²) in [6, 6.07) is 3.42. The van der Waals surface area contributed by atoms with Gasteiger partial charge in [0.25, 0.3) is 5.91 Å². The molecule has 0 saturated heterocycles. The predicted molar refractivity (Wildman–Crippen MR) is 99.5 cm³/mol. The molecule has 0 unspecified atom stereocenters. The number of hydrogen-bond acceptors (Lipinski definition) is 5. The molecule has 1 N–H and O–H groups in total. The summed E-state index contributed by atoms with van der Waals surface area (Å²) in [5, 5.41) is 3.12. The van der Waals surface area contributed by atoms with Gasteiger partial charge in [-0.15, -0.1) is 0 Å². The molecule has 0 aromatic heterocycles. The van der Waals surface area contributed by atoms with Gasteiger partial charge in [0.2, 0.25) is 0 Å². The van der Waals surface area contributed by atoms with E-state index in [2.05, 4.69) is 19.2 Å². The van der Waals surface area contributed by atoms with Crippen molar-refractivity contribution in [1.29, 1.82) is 0 Å². The zero-order valence-electron chi connectivity index (χ0n) is 15.0. The predicted octanol–water partition coefficient (Wildman–Crippen LogP) is 3.22. The van der Waals surface area contributed by atoms with Crippen LogP contribution in [0.4, 0.5) is 0 Å². The molecule has 1 aliphatic rings. The Kier molecular flexibility index (Phi) is 7.78. The van der Waals surface area contributed by atoms with E-state index in [0.29, 0.717) is 47.8 Å². The van der Waals surface area contributed by atoms with Crippen LogP contribution >= 0.6 is 11.6 Å². The van der Waals surface area contributed by atoms with Crippen LogP contribution in [0.25, 0.3) is 6.08 Å². The molecule has 0 bridgehead atoms. The van der Waals surface area contributed by atoms with Crippen LogP contribution in [0.5, 0.6) is 11.5 Å². The Hall–Kier alpha value is -2.21. The lowest BCUT2D eigenvalue weighted by molar-refractivity contribution is -0.143. The lowest BCUT2D eigenvalue weighted by Gasteiger charge is -2.10. The molecule has 0 aliphatic carbocycles. The van der Waals surface area contributed by atoms with Gasteiger partial charge in [0, 0.05) is 19.0 Å². The fourth-order valence-electron chi connectivity index (χ4n) is 2.25. The average Bonchev–Trinajstić information content (AvgIpc) is 2.83. The maximum Gasteiger partial charge on any atom is 0.331 e. The number of esters is 1. The molecule has 1 aromatic rings. The molecule has 1 heterocycles. The standard InChI is InChI=1S/C19H24ClNO5/c1-13(2)6-7-21-17(22)12-26-18(23)5-4-14-10-15(20)19-16(11-14)24-8-3-9-25-19/h4-5,10-11,13H,3,6-9,12H2,1-2H3,(H,21,22)/b5-4+. The van der Waals surface area contributed by atoms with Crippen molar-refractivity contribution >= 4 is 29.6 Å². The van der Waals surface area contributed by atoms with Gasteiger partial charge in [-0.3, -0.25) is 4.79 Å². The van der Waals surface area contributed by atoms with Crippen molar-refractivity contribution in [3.63, 3.8) is 0 Å². The smallest absolute Gasteiger partial charge is 0.331 e. The summed E-state index contributed by atoms with van der Waals surface area (Å²) < 4.78 is 16.1. The highest BCUT2D eigenvalue weighted by molar-refractivity contribution is 6.32. The van der Waals surface area contributed by atoms with Crippen molar-refractivity contribution in [3.8, 4) is 11.5 Å². The second-order valence-corrected chi connectivity index (χ2v) is 6.76. The first kappa shape index (κ1) is 20.1. The summed E-state index contributed by atoms with van der Waals surface area (Å²) in [6.45, 7) is 5.51. The first-order chi connectivity index (χ1) is 12.5. The van der Waals surface area contributed by atoms with Gasteiger partial charge < -0.3 is 19.5 Å². The number of benzene rings is 1. The Morgan fingerprint density at radius 1 is 1.31 bits per heavy atom. The van der Waals surface area contributed by atoms with Crippen molar-refractivity contribution in [2.45, 2.75) is 26.7 Å². The zero-order valence-corrected chi connectivity index (χ0v) is 15.8. The zero-order chi connectivity index (χ0) is 18.9. The number of rotatable bonds is 7. The average molecular weight is 382 g/mol. The molecule has 26 heavy (non-hydrogen) atoms. The minimum atomic E-state index is -0.604. The number of amides is 1. The first-order valence-electron chi connectivity index (χ1n) is 8.66. The van der Waals surface area contributed by atoms with Crippen LogP contribution < -0.4 is 14.8 Å². The first-order valence-corrected chi connectivity index (χ1v) is 9.04. The van der Waals surface area contributed by atoms with Crippen LogP contribution in [0.3, 0.4) is 0 Å². The van der Waals surface area contributed by atoms with E-state index in [1.807, 2.05) is 0 Å². The maximum absolute atomic E-state index is 11.8. The fourth-order valence-corrected chi connectivity index (χ4v) is 2.52. The number of nitrogens with one attached hydrogen (secondary N) is 1. The molecule has 0 spiro atoms. The Balaban J connectivity index is 1.85. The number of hydrogen-bond donors (Lipinski definition) is 1. The van der Waals surface area contributed by atoms with Crippen molar-refractivity contribution in [3.05, 3.63) is 28.8 Å². The van der Waals surface area contributed by atoms with Crippen LogP contribution in [0.15, 0.2) is 18.2 Å². The van der Waals surface area contributed by atoms with Gasteiger partial charge in [0.15, 0.2) is 18.1 Å². The second-order valence-electron chi connectivity index (χ2n) is 6.35. The van der Waals surface area contributed by atoms with Crippen molar-refractivity contribution in [2.75, 3.05) is 26.4 Å². The minimum Gasteiger partial charge on any atom is -0.489 e. The topological polar surface area (TPSA) is 73.9 Å². The number of carbonyl (C=O) groups is 2. The van der Waals surface area contributed by atoms with Crippen LogP contribution in [-0.2, 0) is 14.3 Å². The van der Waals surface area contributed by atoms with Gasteiger partial charge in [-0.1, -0.05) is 25.4 Å². The van der Waals surface area contributed by atoms with Crippen LogP contribution in [0.1, 0.15) is 32.3 Å². The van der Waals surface area contributed by atoms with E-state index < -0.39 is 5.97 Å². The van der Waals surface area contributed by atoms with Crippen LogP contribution in [0, 0.1) is 5.92 Å². The monoisotopic (exact) mass is 381 g/mol. The van der Waals surface area contributed by atoms with Gasteiger partial charge in [-0.25, -0.2) is 4.79 Å². The molecular weight excluding hydrogens is 358 g/mol. The molecule has 0 saturated carbocycles. The van der Waals surface area contributed by atoms with E-state index in [0.717, 1.165) is 12.8 Å². The van der Waals surface area contributed by atoms with Gasteiger partial charge in [-0.2, -0.15) is 0 Å². The Morgan fingerprint density at radius 2 is 2.08 bits per heavy atom. The molecule has 0 atom stereocenters. The third kappa shape index (κ3) is 6.59. The minimum absolute atomic E-state index is 0.302. The molecule has 2 rings (SSSR count). The third-order valence-electron chi connectivity index (χ3n) is 3.63. The highest BCUT2D eigenvalue weighted by Crippen LogP contribution is 2.38. The van der Waals surface area contributed by atoms with Crippen molar-refractivity contribution < 1.29 is 23.8 Å². The molecule has 0 fully saturated rings. The third-order valence-corrected chi connectivity index (χ3v) is 3.91.